The minimum absolute atomic E-state index is 0.0929. The van der Waals surface area contributed by atoms with Gasteiger partial charge in [-0.3, -0.25) is 0 Å². The van der Waals surface area contributed by atoms with Crippen LogP contribution in [-0.4, -0.2) is 22.7 Å². The lowest BCUT2D eigenvalue weighted by atomic mass is 10.5. The number of hydrogen-bond acceptors (Lipinski definition) is 4. The summed E-state index contributed by atoms with van der Waals surface area (Å²) in [5, 5.41) is 8.46. The second-order valence-electron chi connectivity index (χ2n) is 2.07. The summed E-state index contributed by atoms with van der Waals surface area (Å²) >= 11 is 0. The van der Waals surface area contributed by atoms with E-state index in [9.17, 15) is 4.79 Å². The van der Waals surface area contributed by atoms with Crippen LogP contribution in [0.15, 0.2) is 10.7 Å². The molecule has 1 heterocycles. The fourth-order valence-electron chi connectivity index (χ4n) is 0.665. The summed E-state index contributed by atoms with van der Waals surface area (Å²) in [6.45, 7) is 2.59. The molecule has 0 amide bonds. The summed E-state index contributed by atoms with van der Waals surface area (Å²) in [6, 6.07) is 0. The van der Waals surface area contributed by atoms with Crippen LogP contribution in [0.5, 0.6) is 0 Å². The highest BCUT2D eigenvalue weighted by Gasteiger charge is 2.09. The minimum Gasteiger partial charge on any atom is -0.476 e. The number of carbonyl (C=O) groups is 1. The van der Waals surface area contributed by atoms with Gasteiger partial charge in [-0.25, -0.2) is 9.78 Å². The second kappa shape index (κ2) is 3.87. The zero-order valence-corrected chi connectivity index (χ0v) is 6.61. The molecule has 0 aliphatic carbocycles. The Morgan fingerprint density at radius 1 is 1.83 bits per heavy atom. The number of rotatable bonds is 4. The van der Waals surface area contributed by atoms with E-state index in [0.29, 0.717) is 6.61 Å². The molecule has 0 unspecified atom stereocenters. The van der Waals surface area contributed by atoms with Crippen LogP contribution < -0.4 is 0 Å². The normalized spacial score (nSPS) is 10.1. The van der Waals surface area contributed by atoms with Gasteiger partial charge in [0.1, 0.15) is 12.9 Å². The van der Waals surface area contributed by atoms with Crippen molar-refractivity contribution >= 4 is 5.97 Å². The van der Waals surface area contributed by atoms with Gasteiger partial charge in [-0.1, -0.05) is 0 Å². The number of ether oxygens (including phenoxy) is 1. The van der Waals surface area contributed by atoms with Crippen LogP contribution in [0.1, 0.15) is 23.3 Å². The lowest BCUT2D eigenvalue weighted by molar-refractivity contribution is 0.0690. The number of carboxylic acids is 1. The standard InChI is InChI=1S/C7H9NO4/c1-2-11-4-6-8-5(3-12-6)7(9)10/h3H,2,4H2,1H3,(H,9,10). The molecule has 0 atom stereocenters. The molecule has 1 rings (SSSR count). The molecule has 0 aliphatic rings. The van der Waals surface area contributed by atoms with Crippen molar-refractivity contribution in [3.8, 4) is 0 Å². The van der Waals surface area contributed by atoms with Crippen molar-refractivity contribution in [3.05, 3.63) is 17.8 Å². The summed E-state index contributed by atoms with van der Waals surface area (Å²) in [5.74, 6) is -0.809. The Labute approximate surface area is 69.0 Å². The van der Waals surface area contributed by atoms with Crippen LogP contribution in [0.4, 0.5) is 0 Å². The van der Waals surface area contributed by atoms with Crippen molar-refractivity contribution in [1.82, 2.24) is 4.98 Å². The van der Waals surface area contributed by atoms with Gasteiger partial charge in [-0.15, -0.1) is 0 Å². The molecule has 0 radical (unpaired) electrons. The Hall–Kier alpha value is -1.36. The molecule has 1 aromatic rings. The molecular formula is C7H9NO4. The van der Waals surface area contributed by atoms with E-state index in [1.807, 2.05) is 6.92 Å². The average molecular weight is 171 g/mol. The number of aromatic nitrogens is 1. The van der Waals surface area contributed by atoms with Gasteiger partial charge in [0.25, 0.3) is 0 Å². The highest BCUT2D eigenvalue weighted by atomic mass is 16.5. The number of aromatic carboxylic acids is 1. The first kappa shape index (κ1) is 8.73. The molecule has 1 N–H and O–H groups in total. The monoisotopic (exact) mass is 171 g/mol. The molecular weight excluding hydrogens is 162 g/mol. The maximum Gasteiger partial charge on any atom is 0.357 e. The molecule has 0 saturated heterocycles. The summed E-state index contributed by atoms with van der Waals surface area (Å²) in [4.78, 5) is 14.0. The van der Waals surface area contributed by atoms with E-state index >= 15 is 0 Å². The number of oxazole rings is 1. The van der Waals surface area contributed by atoms with Crippen molar-refractivity contribution in [2.45, 2.75) is 13.5 Å². The van der Waals surface area contributed by atoms with E-state index in [1.54, 1.807) is 0 Å². The van der Waals surface area contributed by atoms with Gasteiger partial charge >= 0.3 is 5.97 Å². The van der Waals surface area contributed by atoms with E-state index < -0.39 is 5.97 Å². The second-order valence-corrected chi connectivity index (χ2v) is 2.07. The van der Waals surface area contributed by atoms with E-state index in [2.05, 4.69) is 4.98 Å². The Balaban J connectivity index is 2.58. The van der Waals surface area contributed by atoms with Gasteiger partial charge in [-0.2, -0.15) is 0 Å². The molecule has 0 aromatic carbocycles. The third kappa shape index (κ3) is 2.06. The first-order chi connectivity index (χ1) is 5.74. The van der Waals surface area contributed by atoms with Gasteiger partial charge in [0, 0.05) is 6.61 Å². The molecule has 0 spiro atoms. The van der Waals surface area contributed by atoms with Gasteiger partial charge in [0.15, 0.2) is 5.69 Å². The Morgan fingerprint density at radius 3 is 3.08 bits per heavy atom. The van der Waals surface area contributed by atoms with Crippen LogP contribution in [-0.2, 0) is 11.3 Å². The Morgan fingerprint density at radius 2 is 2.58 bits per heavy atom. The van der Waals surface area contributed by atoms with Crippen molar-refractivity contribution in [2.75, 3.05) is 6.61 Å². The fourth-order valence-corrected chi connectivity index (χ4v) is 0.665. The van der Waals surface area contributed by atoms with Gasteiger partial charge in [-0.05, 0) is 6.92 Å². The van der Waals surface area contributed by atoms with Crippen LogP contribution in [0.3, 0.4) is 0 Å². The molecule has 0 bridgehead atoms. The van der Waals surface area contributed by atoms with Crippen LogP contribution in [0.25, 0.3) is 0 Å². The van der Waals surface area contributed by atoms with Crippen molar-refractivity contribution < 1.29 is 19.1 Å². The zero-order chi connectivity index (χ0) is 8.97. The van der Waals surface area contributed by atoms with Crippen LogP contribution >= 0.6 is 0 Å². The smallest absolute Gasteiger partial charge is 0.357 e. The topological polar surface area (TPSA) is 72.6 Å². The molecule has 0 saturated carbocycles. The maximum absolute atomic E-state index is 10.3. The number of hydrogen-bond donors (Lipinski definition) is 1. The molecule has 5 nitrogen and oxygen atoms in total. The number of nitrogens with zero attached hydrogens (tertiary/aromatic N) is 1. The first-order valence-electron chi connectivity index (χ1n) is 3.49. The Bertz CT molecular complexity index is 268. The molecule has 12 heavy (non-hydrogen) atoms. The molecule has 0 fully saturated rings. The maximum atomic E-state index is 10.3. The van der Waals surface area contributed by atoms with E-state index in [-0.39, 0.29) is 18.2 Å². The molecule has 66 valence electrons. The fraction of sp³-hybridized carbons (Fsp3) is 0.429. The highest BCUT2D eigenvalue weighted by molar-refractivity contribution is 5.84. The third-order valence-electron chi connectivity index (χ3n) is 1.20. The largest absolute Gasteiger partial charge is 0.476 e. The van der Waals surface area contributed by atoms with E-state index in [1.165, 1.54) is 0 Å². The summed E-state index contributed by atoms with van der Waals surface area (Å²) in [6.07, 6.45) is 1.09. The van der Waals surface area contributed by atoms with E-state index in [4.69, 9.17) is 14.3 Å². The zero-order valence-electron chi connectivity index (χ0n) is 6.61. The van der Waals surface area contributed by atoms with Crippen molar-refractivity contribution in [1.29, 1.82) is 0 Å². The lowest BCUT2D eigenvalue weighted by Gasteiger charge is -1.92. The van der Waals surface area contributed by atoms with Gasteiger partial charge in [0.05, 0.1) is 0 Å². The molecule has 1 aromatic heterocycles. The Kier molecular flexibility index (Phi) is 2.82. The predicted octanol–water partition coefficient (Wildman–Crippen LogP) is 0.909. The first-order valence-corrected chi connectivity index (χ1v) is 3.49. The van der Waals surface area contributed by atoms with Gasteiger partial charge < -0.3 is 14.3 Å². The number of carboxylic acid groups (broad SMARTS) is 1. The third-order valence-corrected chi connectivity index (χ3v) is 1.20. The summed E-state index contributed by atoms with van der Waals surface area (Å²) < 4.78 is 9.77. The minimum atomic E-state index is -1.10. The molecule has 5 heteroatoms. The quantitative estimate of drug-likeness (QED) is 0.728. The molecule has 0 aliphatic heterocycles. The average Bonchev–Trinajstić information content (AvgIpc) is 2.48. The summed E-state index contributed by atoms with van der Waals surface area (Å²) in [5.41, 5.74) is -0.0929. The van der Waals surface area contributed by atoms with Crippen LogP contribution in [0.2, 0.25) is 0 Å². The summed E-state index contributed by atoms with van der Waals surface area (Å²) in [7, 11) is 0. The van der Waals surface area contributed by atoms with Crippen molar-refractivity contribution in [3.63, 3.8) is 0 Å². The van der Waals surface area contributed by atoms with E-state index in [0.717, 1.165) is 6.26 Å². The lowest BCUT2D eigenvalue weighted by Crippen LogP contribution is -1.97. The van der Waals surface area contributed by atoms with Crippen molar-refractivity contribution in [2.24, 2.45) is 0 Å². The predicted molar refractivity (Wildman–Crippen MR) is 38.8 cm³/mol. The highest BCUT2D eigenvalue weighted by Crippen LogP contribution is 2.02. The van der Waals surface area contributed by atoms with Gasteiger partial charge in [0.2, 0.25) is 5.89 Å². The SMILES string of the molecule is CCOCc1nc(C(=O)O)co1. The van der Waals surface area contributed by atoms with Crippen LogP contribution in [0, 0.1) is 0 Å².